The van der Waals surface area contributed by atoms with Crippen LogP contribution >= 0.6 is 23.2 Å². The molecule has 0 saturated carbocycles. The first kappa shape index (κ1) is 14.2. The van der Waals surface area contributed by atoms with Gasteiger partial charge in [0.25, 0.3) is 0 Å². The minimum Gasteiger partial charge on any atom is -0.383 e. The van der Waals surface area contributed by atoms with Gasteiger partial charge in [-0.25, -0.2) is 13.2 Å². The fourth-order valence-electron chi connectivity index (χ4n) is 1.64. The zero-order chi connectivity index (χ0) is 14.2. The number of benzene rings is 2. The molecule has 0 saturated heterocycles. The fraction of sp³-hybridized carbons (Fsp3) is 0.0769. The van der Waals surface area contributed by atoms with Crippen molar-refractivity contribution in [3.8, 4) is 0 Å². The van der Waals surface area contributed by atoms with Gasteiger partial charge in [0.05, 0.1) is 5.02 Å². The van der Waals surface area contributed by atoms with Gasteiger partial charge in [-0.05, 0) is 24.3 Å². The molecule has 1 atom stereocenters. The van der Waals surface area contributed by atoms with E-state index in [0.29, 0.717) is 0 Å². The molecule has 6 heteroatoms. The lowest BCUT2D eigenvalue weighted by Crippen LogP contribution is -2.06. The van der Waals surface area contributed by atoms with Crippen LogP contribution in [0.2, 0.25) is 10.0 Å². The van der Waals surface area contributed by atoms with Gasteiger partial charge in [0.1, 0.15) is 23.6 Å². The van der Waals surface area contributed by atoms with Crippen LogP contribution in [0.3, 0.4) is 0 Å². The largest absolute Gasteiger partial charge is 0.383 e. The molecule has 0 bridgehead atoms. The molecule has 0 spiro atoms. The third kappa shape index (κ3) is 2.86. The molecule has 0 radical (unpaired) electrons. The molecule has 0 fully saturated rings. The number of hydrogen-bond acceptors (Lipinski definition) is 1. The SMILES string of the molecule is OC(c1ccc(Cl)cc1F)c1cc(F)c(Cl)cc1F. The Morgan fingerprint density at radius 1 is 0.842 bits per heavy atom. The van der Waals surface area contributed by atoms with Crippen molar-refractivity contribution in [2.45, 2.75) is 6.10 Å². The summed E-state index contributed by atoms with van der Waals surface area (Å²) in [5, 5.41) is 9.65. The molecule has 1 unspecified atom stereocenters. The maximum atomic E-state index is 13.6. The van der Waals surface area contributed by atoms with E-state index in [2.05, 4.69) is 0 Å². The van der Waals surface area contributed by atoms with Crippen molar-refractivity contribution in [2.75, 3.05) is 0 Å². The number of hydrogen-bond donors (Lipinski definition) is 1. The van der Waals surface area contributed by atoms with Crippen molar-refractivity contribution in [1.29, 1.82) is 0 Å². The van der Waals surface area contributed by atoms with E-state index in [-0.39, 0.29) is 10.6 Å². The second-order valence-corrected chi connectivity index (χ2v) is 4.70. The van der Waals surface area contributed by atoms with Gasteiger partial charge in [-0.2, -0.15) is 0 Å². The molecule has 2 rings (SSSR count). The highest BCUT2D eigenvalue weighted by atomic mass is 35.5. The van der Waals surface area contributed by atoms with E-state index < -0.39 is 34.1 Å². The molecule has 0 heterocycles. The summed E-state index contributed by atoms with van der Waals surface area (Å²) in [5.74, 6) is -2.63. The first-order valence-corrected chi connectivity index (χ1v) is 5.93. The average molecular weight is 307 g/mol. The Morgan fingerprint density at radius 2 is 1.47 bits per heavy atom. The molecular weight excluding hydrogens is 300 g/mol. The Kier molecular flexibility index (Phi) is 4.04. The van der Waals surface area contributed by atoms with Crippen LogP contribution in [-0.2, 0) is 0 Å². The highest BCUT2D eigenvalue weighted by Crippen LogP contribution is 2.30. The van der Waals surface area contributed by atoms with Crippen LogP contribution in [0.5, 0.6) is 0 Å². The summed E-state index contributed by atoms with van der Waals surface area (Å²) in [4.78, 5) is 0. The van der Waals surface area contributed by atoms with Gasteiger partial charge in [0.2, 0.25) is 0 Å². The summed E-state index contributed by atoms with van der Waals surface area (Å²) >= 11 is 11.0. The minimum atomic E-state index is -1.65. The molecule has 0 aromatic heterocycles. The molecule has 0 aliphatic rings. The van der Waals surface area contributed by atoms with Crippen molar-refractivity contribution in [3.63, 3.8) is 0 Å². The quantitative estimate of drug-likeness (QED) is 0.810. The first-order valence-electron chi connectivity index (χ1n) is 5.17. The van der Waals surface area contributed by atoms with E-state index in [4.69, 9.17) is 23.2 Å². The van der Waals surface area contributed by atoms with Gasteiger partial charge >= 0.3 is 0 Å². The van der Waals surface area contributed by atoms with E-state index in [9.17, 15) is 18.3 Å². The van der Waals surface area contributed by atoms with Crippen LogP contribution in [0, 0.1) is 17.5 Å². The number of halogens is 5. The fourth-order valence-corrected chi connectivity index (χ4v) is 1.95. The van der Waals surface area contributed by atoms with Gasteiger partial charge < -0.3 is 5.11 Å². The van der Waals surface area contributed by atoms with Crippen molar-refractivity contribution in [3.05, 3.63) is 69.0 Å². The van der Waals surface area contributed by atoms with Crippen molar-refractivity contribution < 1.29 is 18.3 Å². The molecule has 0 aliphatic carbocycles. The molecular formula is C13H7Cl2F3O. The minimum absolute atomic E-state index is 0.135. The maximum Gasteiger partial charge on any atom is 0.142 e. The predicted octanol–water partition coefficient (Wildman–Crippen LogP) is 4.49. The smallest absolute Gasteiger partial charge is 0.142 e. The van der Waals surface area contributed by atoms with Gasteiger partial charge in [-0.15, -0.1) is 0 Å². The summed E-state index contributed by atoms with van der Waals surface area (Å²) in [6, 6.07) is 4.98. The van der Waals surface area contributed by atoms with Crippen molar-refractivity contribution in [1.82, 2.24) is 0 Å². The predicted molar refractivity (Wildman–Crippen MR) is 66.8 cm³/mol. The van der Waals surface area contributed by atoms with Crippen LogP contribution in [0.1, 0.15) is 17.2 Å². The Bertz CT molecular complexity index is 632. The van der Waals surface area contributed by atoms with Crippen LogP contribution in [0.15, 0.2) is 30.3 Å². The molecule has 0 amide bonds. The summed E-state index contributed by atoms with van der Waals surface area (Å²) in [5.41, 5.74) is -0.604. The van der Waals surface area contributed by atoms with Gasteiger partial charge in [0, 0.05) is 16.1 Å². The summed E-state index contributed by atoms with van der Waals surface area (Å²) in [6.07, 6.45) is -1.65. The zero-order valence-electron chi connectivity index (χ0n) is 9.30. The molecule has 1 N–H and O–H groups in total. The Morgan fingerprint density at radius 3 is 2.11 bits per heavy atom. The van der Waals surface area contributed by atoms with E-state index in [1.807, 2.05) is 0 Å². The topological polar surface area (TPSA) is 20.2 Å². The lowest BCUT2D eigenvalue weighted by atomic mass is 10.0. The molecule has 0 aliphatic heterocycles. The molecule has 19 heavy (non-hydrogen) atoms. The summed E-state index contributed by atoms with van der Waals surface area (Å²) in [6.45, 7) is 0. The summed E-state index contributed by atoms with van der Waals surface area (Å²) in [7, 11) is 0. The van der Waals surface area contributed by atoms with E-state index in [1.165, 1.54) is 12.1 Å². The maximum absolute atomic E-state index is 13.6. The normalized spacial score (nSPS) is 12.5. The van der Waals surface area contributed by atoms with Crippen molar-refractivity contribution >= 4 is 23.2 Å². The van der Waals surface area contributed by atoms with Gasteiger partial charge in [0.15, 0.2) is 0 Å². The zero-order valence-corrected chi connectivity index (χ0v) is 10.8. The lowest BCUT2D eigenvalue weighted by Gasteiger charge is -2.14. The van der Waals surface area contributed by atoms with Crippen LogP contribution in [0.4, 0.5) is 13.2 Å². The van der Waals surface area contributed by atoms with Gasteiger partial charge in [-0.1, -0.05) is 29.3 Å². The van der Waals surface area contributed by atoms with E-state index in [0.717, 1.165) is 18.2 Å². The number of aliphatic hydroxyl groups excluding tert-OH is 1. The highest BCUT2D eigenvalue weighted by molar-refractivity contribution is 6.31. The molecule has 1 nitrogen and oxygen atoms in total. The van der Waals surface area contributed by atoms with E-state index >= 15 is 0 Å². The monoisotopic (exact) mass is 306 g/mol. The van der Waals surface area contributed by atoms with Crippen LogP contribution in [0.25, 0.3) is 0 Å². The van der Waals surface area contributed by atoms with Crippen molar-refractivity contribution in [2.24, 2.45) is 0 Å². The summed E-state index contributed by atoms with van der Waals surface area (Å²) < 4.78 is 40.5. The molecule has 2 aromatic carbocycles. The van der Waals surface area contributed by atoms with Gasteiger partial charge in [-0.3, -0.25) is 0 Å². The van der Waals surface area contributed by atoms with E-state index in [1.54, 1.807) is 0 Å². The Balaban J connectivity index is 2.49. The number of rotatable bonds is 2. The lowest BCUT2D eigenvalue weighted by molar-refractivity contribution is 0.209. The standard InChI is InChI=1S/C13H7Cl2F3O/c14-6-1-2-7(10(16)3-6)13(19)8-4-12(18)9(15)5-11(8)17/h1-5,13,19H. The third-order valence-electron chi connectivity index (χ3n) is 2.59. The Labute approximate surface area is 117 Å². The third-order valence-corrected chi connectivity index (χ3v) is 3.12. The second-order valence-electron chi connectivity index (χ2n) is 3.86. The van der Waals surface area contributed by atoms with Crippen LogP contribution < -0.4 is 0 Å². The molecule has 100 valence electrons. The first-order chi connectivity index (χ1) is 8.90. The Hall–Kier alpha value is -1.23. The number of aliphatic hydroxyl groups is 1. The second kappa shape index (κ2) is 5.41. The highest BCUT2D eigenvalue weighted by Gasteiger charge is 2.20. The van der Waals surface area contributed by atoms with Crippen LogP contribution in [-0.4, -0.2) is 5.11 Å². The average Bonchev–Trinajstić information content (AvgIpc) is 2.33. The molecule has 2 aromatic rings.